The van der Waals surface area contributed by atoms with Crippen molar-refractivity contribution in [2.24, 2.45) is 7.05 Å². The zero-order valence-electron chi connectivity index (χ0n) is 12.5. The summed E-state index contributed by atoms with van der Waals surface area (Å²) >= 11 is 1.54. The summed E-state index contributed by atoms with van der Waals surface area (Å²) in [5.41, 5.74) is 2.59. The van der Waals surface area contributed by atoms with Crippen LogP contribution in [0, 0.1) is 13.8 Å². The van der Waals surface area contributed by atoms with Crippen molar-refractivity contribution in [3.63, 3.8) is 0 Å². The molecule has 0 aromatic carbocycles. The minimum absolute atomic E-state index is 0.412. The van der Waals surface area contributed by atoms with E-state index >= 15 is 0 Å². The molecule has 21 heavy (non-hydrogen) atoms. The third-order valence-corrected chi connectivity index (χ3v) is 7.01. The summed E-state index contributed by atoms with van der Waals surface area (Å²) in [6, 6.07) is 1.77. The Morgan fingerprint density at radius 3 is 2.48 bits per heavy atom. The maximum atomic E-state index is 12.8. The number of rotatable bonds is 3. The van der Waals surface area contributed by atoms with Gasteiger partial charge >= 0.3 is 0 Å². The Labute approximate surface area is 129 Å². The van der Waals surface area contributed by atoms with E-state index < -0.39 is 10.0 Å². The summed E-state index contributed by atoms with van der Waals surface area (Å²) in [5, 5.41) is 2.84. The average molecular weight is 325 g/mol. The van der Waals surface area contributed by atoms with Crippen LogP contribution in [0.5, 0.6) is 0 Å². The van der Waals surface area contributed by atoms with Crippen LogP contribution in [-0.2, 0) is 17.1 Å². The Bertz CT molecular complexity index is 768. The van der Waals surface area contributed by atoms with Gasteiger partial charge in [0.2, 0.25) is 10.0 Å². The first-order chi connectivity index (χ1) is 9.91. The molecule has 0 radical (unpaired) electrons. The zero-order chi connectivity index (χ0) is 15.2. The molecule has 1 fully saturated rings. The maximum Gasteiger partial charge on any atom is 0.244 e. The summed E-state index contributed by atoms with van der Waals surface area (Å²) < 4.78 is 29.0. The van der Waals surface area contributed by atoms with E-state index in [-0.39, 0.29) is 0 Å². The van der Waals surface area contributed by atoms with Crippen molar-refractivity contribution in [2.45, 2.75) is 31.6 Å². The topological polar surface area (TPSA) is 55.2 Å². The Balaban J connectivity index is 2.08. The first-order valence-electron chi connectivity index (χ1n) is 7.00. The van der Waals surface area contributed by atoms with Crippen LogP contribution in [0.4, 0.5) is 0 Å². The molecule has 0 atom stereocenters. The number of aromatic nitrogens is 2. The van der Waals surface area contributed by atoms with Crippen molar-refractivity contribution in [3.8, 4) is 10.7 Å². The highest BCUT2D eigenvalue weighted by molar-refractivity contribution is 7.89. The Morgan fingerprint density at radius 2 is 1.90 bits per heavy atom. The molecular formula is C14H19N3O2S2. The van der Waals surface area contributed by atoms with Gasteiger partial charge in [0.15, 0.2) is 0 Å². The van der Waals surface area contributed by atoms with Crippen LogP contribution in [0.1, 0.15) is 24.2 Å². The summed E-state index contributed by atoms with van der Waals surface area (Å²) in [6.07, 6.45) is 1.90. The smallest absolute Gasteiger partial charge is 0.244 e. The minimum atomic E-state index is -3.38. The van der Waals surface area contributed by atoms with Crippen molar-refractivity contribution in [2.75, 3.05) is 13.1 Å². The van der Waals surface area contributed by atoms with Crippen molar-refractivity contribution in [3.05, 3.63) is 22.8 Å². The van der Waals surface area contributed by atoms with Crippen molar-refractivity contribution < 1.29 is 8.42 Å². The molecule has 0 bridgehead atoms. The normalized spacial score (nSPS) is 16.7. The van der Waals surface area contributed by atoms with Crippen molar-refractivity contribution >= 4 is 21.4 Å². The monoisotopic (exact) mass is 325 g/mol. The van der Waals surface area contributed by atoms with Gasteiger partial charge in [-0.05, 0) is 32.8 Å². The van der Waals surface area contributed by atoms with Gasteiger partial charge in [-0.15, -0.1) is 11.3 Å². The summed E-state index contributed by atoms with van der Waals surface area (Å²) in [4.78, 5) is 4.88. The van der Waals surface area contributed by atoms with Crippen molar-refractivity contribution in [1.82, 2.24) is 13.9 Å². The first-order valence-corrected chi connectivity index (χ1v) is 9.32. The maximum absolute atomic E-state index is 12.8. The molecule has 0 spiro atoms. The average Bonchev–Trinajstić information content (AvgIpc) is 3.13. The van der Waals surface area contributed by atoms with Crippen LogP contribution in [0.3, 0.4) is 0 Å². The lowest BCUT2D eigenvalue weighted by molar-refractivity contribution is 0.477. The highest BCUT2D eigenvalue weighted by Gasteiger charge is 2.31. The minimum Gasteiger partial charge on any atom is -0.345 e. The highest BCUT2D eigenvalue weighted by atomic mass is 32.2. The molecule has 1 saturated heterocycles. The molecule has 0 unspecified atom stereocenters. The Kier molecular flexibility index (Phi) is 3.67. The molecule has 0 aliphatic carbocycles. The molecule has 1 aliphatic heterocycles. The fourth-order valence-electron chi connectivity index (χ4n) is 2.68. The predicted octanol–water partition coefficient (Wildman–Crippen LogP) is 2.55. The second kappa shape index (κ2) is 5.23. The first kappa shape index (κ1) is 14.7. The predicted molar refractivity (Wildman–Crippen MR) is 84.0 cm³/mol. The van der Waals surface area contributed by atoms with Crippen LogP contribution < -0.4 is 0 Å². The second-order valence-electron chi connectivity index (χ2n) is 5.44. The van der Waals surface area contributed by atoms with Crippen molar-refractivity contribution in [1.29, 1.82) is 0 Å². The van der Waals surface area contributed by atoms with Crippen LogP contribution in [0.15, 0.2) is 16.3 Å². The molecule has 2 aromatic heterocycles. The van der Waals surface area contributed by atoms with Crippen LogP contribution >= 0.6 is 11.3 Å². The lowest BCUT2D eigenvalue weighted by Gasteiger charge is -2.15. The molecule has 7 heteroatoms. The van der Waals surface area contributed by atoms with E-state index in [9.17, 15) is 8.42 Å². The molecule has 0 N–H and O–H groups in total. The molecule has 0 amide bonds. The van der Waals surface area contributed by atoms with Gasteiger partial charge < -0.3 is 4.57 Å². The van der Waals surface area contributed by atoms with E-state index in [0.717, 1.165) is 34.9 Å². The number of hydrogen-bond acceptors (Lipinski definition) is 4. The molecule has 114 valence electrons. The lowest BCUT2D eigenvalue weighted by atomic mass is 10.4. The highest BCUT2D eigenvalue weighted by Crippen LogP contribution is 2.32. The lowest BCUT2D eigenvalue weighted by Crippen LogP contribution is -2.28. The van der Waals surface area contributed by atoms with Gasteiger partial charge in [0.05, 0.1) is 5.69 Å². The molecular weight excluding hydrogens is 306 g/mol. The summed E-state index contributed by atoms with van der Waals surface area (Å²) in [5.74, 6) is 0. The third-order valence-electron chi connectivity index (χ3n) is 4.01. The van der Waals surface area contributed by atoms with E-state index in [1.54, 1.807) is 21.7 Å². The Hall–Kier alpha value is -1.18. The van der Waals surface area contributed by atoms with Gasteiger partial charge in [0, 0.05) is 36.9 Å². The number of sulfonamides is 1. The summed E-state index contributed by atoms with van der Waals surface area (Å²) in [7, 11) is -1.49. The van der Waals surface area contributed by atoms with Crippen LogP contribution in [0.2, 0.25) is 0 Å². The fourth-order valence-corrected chi connectivity index (χ4v) is 5.31. The van der Waals surface area contributed by atoms with E-state index in [1.165, 1.54) is 0 Å². The quantitative estimate of drug-likeness (QED) is 0.871. The van der Waals surface area contributed by atoms with Gasteiger partial charge in [0.1, 0.15) is 9.90 Å². The molecule has 1 aliphatic rings. The number of nitrogens with zero attached hydrogens (tertiary/aromatic N) is 3. The van der Waals surface area contributed by atoms with Gasteiger partial charge in [0.25, 0.3) is 0 Å². The molecule has 0 saturated carbocycles. The third kappa shape index (κ3) is 2.43. The van der Waals surface area contributed by atoms with Gasteiger partial charge in [-0.1, -0.05) is 0 Å². The van der Waals surface area contributed by atoms with E-state index in [0.29, 0.717) is 18.0 Å². The zero-order valence-corrected chi connectivity index (χ0v) is 14.1. The van der Waals surface area contributed by atoms with E-state index in [2.05, 4.69) is 4.98 Å². The number of hydrogen-bond donors (Lipinski definition) is 0. The van der Waals surface area contributed by atoms with Gasteiger partial charge in [-0.25, -0.2) is 13.4 Å². The van der Waals surface area contributed by atoms with Crippen LogP contribution in [-0.4, -0.2) is 35.4 Å². The molecule has 5 nitrogen and oxygen atoms in total. The molecule has 3 rings (SSSR count). The fraction of sp³-hybridized carbons (Fsp3) is 0.500. The standard InChI is InChI=1S/C14H19N3O2S2/c1-10-9-20-14(15-10)12-8-13(11(2)16(12)3)21(18,19)17-6-4-5-7-17/h8-9H,4-7H2,1-3H3. The van der Waals surface area contributed by atoms with Crippen LogP contribution in [0.25, 0.3) is 10.7 Å². The largest absolute Gasteiger partial charge is 0.345 e. The van der Waals surface area contributed by atoms with E-state index in [4.69, 9.17) is 0 Å². The Morgan fingerprint density at radius 1 is 1.24 bits per heavy atom. The number of thiazole rings is 1. The van der Waals surface area contributed by atoms with E-state index in [1.807, 2.05) is 30.8 Å². The SMILES string of the molecule is Cc1csc(-c2cc(S(=O)(=O)N3CCCC3)c(C)n2C)n1. The number of aryl methyl sites for hydroxylation is 1. The summed E-state index contributed by atoms with van der Waals surface area (Å²) in [6.45, 7) is 5.05. The molecule has 3 heterocycles. The second-order valence-corrected chi connectivity index (χ2v) is 8.21. The molecule has 2 aromatic rings. The van der Waals surface area contributed by atoms with Gasteiger partial charge in [-0.3, -0.25) is 0 Å². The van der Waals surface area contributed by atoms with Gasteiger partial charge in [-0.2, -0.15) is 4.31 Å².